The second-order valence-electron chi connectivity index (χ2n) is 4.13. The summed E-state index contributed by atoms with van der Waals surface area (Å²) in [5.74, 6) is 0. The predicted octanol–water partition coefficient (Wildman–Crippen LogP) is 1.77. The predicted molar refractivity (Wildman–Crippen MR) is 57.7 cm³/mol. The van der Waals surface area contributed by atoms with Gasteiger partial charge in [-0.25, -0.2) is 4.79 Å². The summed E-state index contributed by atoms with van der Waals surface area (Å²) in [4.78, 5) is 13.4. The third-order valence-corrected chi connectivity index (χ3v) is 2.74. The maximum atomic E-state index is 11.6. The van der Waals surface area contributed by atoms with Crippen molar-refractivity contribution in [1.82, 2.24) is 4.90 Å². The van der Waals surface area contributed by atoms with Gasteiger partial charge in [0.2, 0.25) is 0 Å². The van der Waals surface area contributed by atoms with Crippen LogP contribution in [0.25, 0.3) is 0 Å². The number of piperidine rings is 1. The van der Waals surface area contributed by atoms with Crippen molar-refractivity contribution in [3.05, 3.63) is 0 Å². The number of hydrogen-bond acceptors (Lipinski definition) is 3. The minimum Gasteiger partial charge on any atom is -0.450 e. The monoisotopic (exact) mass is 215 g/mol. The van der Waals surface area contributed by atoms with Crippen LogP contribution in [0.1, 0.15) is 39.5 Å². The van der Waals surface area contributed by atoms with Crippen LogP contribution in [0.3, 0.4) is 0 Å². The summed E-state index contributed by atoms with van der Waals surface area (Å²) in [6, 6.07) is 0.151. The molecule has 1 saturated heterocycles. The number of rotatable bonds is 3. The average molecular weight is 215 g/mol. The lowest BCUT2D eigenvalue weighted by Crippen LogP contribution is -2.45. The van der Waals surface area contributed by atoms with Crippen molar-refractivity contribution < 1.29 is 14.6 Å². The summed E-state index contributed by atoms with van der Waals surface area (Å²) in [6.45, 7) is 4.75. The first-order chi connectivity index (χ1) is 7.15. The molecule has 2 atom stereocenters. The molecule has 15 heavy (non-hydrogen) atoms. The lowest BCUT2D eigenvalue weighted by atomic mass is 9.98. The van der Waals surface area contributed by atoms with Crippen LogP contribution in [0.15, 0.2) is 0 Å². The van der Waals surface area contributed by atoms with E-state index in [2.05, 4.69) is 0 Å². The van der Waals surface area contributed by atoms with Crippen LogP contribution in [0, 0.1) is 0 Å². The minimum absolute atomic E-state index is 0.151. The van der Waals surface area contributed by atoms with Crippen molar-refractivity contribution in [2.45, 2.75) is 51.7 Å². The van der Waals surface area contributed by atoms with Crippen molar-refractivity contribution in [2.75, 3.05) is 13.2 Å². The van der Waals surface area contributed by atoms with Gasteiger partial charge in [0.15, 0.2) is 0 Å². The number of aliphatic hydroxyl groups is 1. The summed E-state index contributed by atoms with van der Waals surface area (Å²) >= 11 is 0. The Morgan fingerprint density at radius 2 is 2.33 bits per heavy atom. The number of amides is 1. The Balaban J connectivity index is 2.52. The molecule has 0 aromatic heterocycles. The topological polar surface area (TPSA) is 49.8 Å². The SMILES string of the molecule is CCOC(=O)N1CCCC[C@H]1C[C@@H](C)O. The highest BCUT2D eigenvalue weighted by Crippen LogP contribution is 2.21. The molecular weight excluding hydrogens is 194 g/mol. The zero-order valence-corrected chi connectivity index (χ0v) is 9.61. The second-order valence-corrected chi connectivity index (χ2v) is 4.13. The van der Waals surface area contributed by atoms with Gasteiger partial charge in [0.05, 0.1) is 12.7 Å². The molecule has 1 amide bonds. The fraction of sp³-hybridized carbons (Fsp3) is 0.909. The van der Waals surface area contributed by atoms with Gasteiger partial charge in [-0.1, -0.05) is 0 Å². The van der Waals surface area contributed by atoms with E-state index in [0.717, 1.165) is 25.8 Å². The lowest BCUT2D eigenvalue weighted by molar-refractivity contribution is 0.0580. The van der Waals surface area contributed by atoms with E-state index in [1.165, 1.54) is 0 Å². The van der Waals surface area contributed by atoms with Crippen molar-refractivity contribution in [3.63, 3.8) is 0 Å². The molecule has 1 N–H and O–H groups in total. The van der Waals surface area contributed by atoms with Crippen LogP contribution >= 0.6 is 0 Å². The molecule has 0 spiro atoms. The van der Waals surface area contributed by atoms with Crippen LogP contribution in [0.2, 0.25) is 0 Å². The minimum atomic E-state index is -0.356. The fourth-order valence-electron chi connectivity index (χ4n) is 2.09. The van der Waals surface area contributed by atoms with E-state index in [4.69, 9.17) is 4.74 Å². The van der Waals surface area contributed by atoms with Gasteiger partial charge in [-0.15, -0.1) is 0 Å². The molecular formula is C11H21NO3. The molecule has 0 aromatic carbocycles. The molecule has 0 radical (unpaired) electrons. The van der Waals surface area contributed by atoms with Gasteiger partial charge in [0.25, 0.3) is 0 Å². The van der Waals surface area contributed by atoms with E-state index >= 15 is 0 Å². The zero-order valence-electron chi connectivity index (χ0n) is 9.61. The molecule has 4 heteroatoms. The van der Waals surface area contributed by atoms with E-state index in [-0.39, 0.29) is 18.2 Å². The van der Waals surface area contributed by atoms with Gasteiger partial charge in [0, 0.05) is 12.6 Å². The first-order valence-corrected chi connectivity index (χ1v) is 5.76. The molecule has 1 aliphatic rings. The Bertz CT molecular complexity index is 206. The second kappa shape index (κ2) is 5.95. The maximum absolute atomic E-state index is 11.6. The standard InChI is InChI=1S/C11H21NO3/c1-3-15-11(14)12-7-5-4-6-10(12)8-9(2)13/h9-10,13H,3-8H2,1-2H3/t9-,10+/m1/s1. The Hall–Kier alpha value is -0.770. The number of likely N-dealkylation sites (tertiary alicyclic amines) is 1. The van der Waals surface area contributed by atoms with Crippen LogP contribution in [-0.4, -0.2) is 41.4 Å². The average Bonchev–Trinajstić information content (AvgIpc) is 2.18. The number of nitrogens with zero attached hydrogens (tertiary/aromatic N) is 1. The highest BCUT2D eigenvalue weighted by atomic mass is 16.6. The first kappa shape index (κ1) is 12.3. The van der Waals surface area contributed by atoms with Crippen LogP contribution < -0.4 is 0 Å². The number of hydrogen-bond donors (Lipinski definition) is 1. The van der Waals surface area contributed by atoms with Crippen LogP contribution in [0.4, 0.5) is 4.79 Å². The molecule has 1 rings (SSSR count). The van der Waals surface area contributed by atoms with Gasteiger partial charge in [-0.3, -0.25) is 0 Å². The highest BCUT2D eigenvalue weighted by molar-refractivity contribution is 5.68. The number of aliphatic hydroxyl groups excluding tert-OH is 1. The summed E-state index contributed by atoms with van der Waals surface area (Å²) in [6.07, 6.45) is 3.21. The van der Waals surface area contributed by atoms with Crippen molar-refractivity contribution in [2.24, 2.45) is 0 Å². The quantitative estimate of drug-likeness (QED) is 0.780. The largest absolute Gasteiger partial charge is 0.450 e. The van der Waals surface area contributed by atoms with E-state index in [9.17, 15) is 9.90 Å². The van der Waals surface area contributed by atoms with E-state index in [0.29, 0.717) is 13.0 Å². The van der Waals surface area contributed by atoms with Gasteiger partial charge < -0.3 is 14.7 Å². The molecule has 0 unspecified atom stereocenters. The summed E-state index contributed by atoms with van der Waals surface area (Å²) < 4.78 is 5.00. The number of ether oxygens (including phenoxy) is 1. The van der Waals surface area contributed by atoms with Crippen molar-refractivity contribution in [1.29, 1.82) is 0 Å². The molecule has 0 saturated carbocycles. The van der Waals surface area contributed by atoms with Gasteiger partial charge in [0.1, 0.15) is 0 Å². The maximum Gasteiger partial charge on any atom is 0.409 e. The van der Waals surface area contributed by atoms with Crippen molar-refractivity contribution in [3.8, 4) is 0 Å². The molecule has 1 heterocycles. The molecule has 1 aliphatic heterocycles. The van der Waals surface area contributed by atoms with Gasteiger partial charge in [-0.05, 0) is 39.5 Å². The summed E-state index contributed by atoms with van der Waals surface area (Å²) in [5, 5.41) is 9.36. The Morgan fingerprint density at radius 1 is 1.60 bits per heavy atom. The van der Waals surface area contributed by atoms with E-state index in [1.54, 1.807) is 11.8 Å². The molecule has 0 bridgehead atoms. The summed E-state index contributed by atoms with van der Waals surface area (Å²) in [7, 11) is 0. The first-order valence-electron chi connectivity index (χ1n) is 5.76. The Labute approximate surface area is 91.2 Å². The Morgan fingerprint density at radius 3 is 2.93 bits per heavy atom. The zero-order chi connectivity index (χ0) is 11.3. The Kier molecular flexibility index (Phi) is 4.88. The van der Waals surface area contributed by atoms with E-state index in [1.807, 2.05) is 6.92 Å². The molecule has 0 aliphatic carbocycles. The van der Waals surface area contributed by atoms with Gasteiger partial charge >= 0.3 is 6.09 Å². The normalized spacial score (nSPS) is 23.7. The third-order valence-electron chi connectivity index (χ3n) is 2.74. The van der Waals surface area contributed by atoms with Crippen LogP contribution in [0.5, 0.6) is 0 Å². The highest BCUT2D eigenvalue weighted by Gasteiger charge is 2.28. The number of carbonyl (C=O) groups excluding carboxylic acids is 1. The van der Waals surface area contributed by atoms with Crippen LogP contribution in [-0.2, 0) is 4.74 Å². The molecule has 88 valence electrons. The molecule has 4 nitrogen and oxygen atoms in total. The van der Waals surface area contributed by atoms with E-state index < -0.39 is 0 Å². The molecule has 1 fully saturated rings. The number of carbonyl (C=O) groups is 1. The summed E-state index contributed by atoms with van der Waals surface area (Å²) in [5.41, 5.74) is 0. The van der Waals surface area contributed by atoms with Gasteiger partial charge in [-0.2, -0.15) is 0 Å². The third kappa shape index (κ3) is 3.70. The van der Waals surface area contributed by atoms with Crippen molar-refractivity contribution >= 4 is 6.09 Å². The smallest absolute Gasteiger partial charge is 0.409 e. The molecule has 0 aromatic rings. The lowest BCUT2D eigenvalue weighted by Gasteiger charge is -2.35. The fourth-order valence-corrected chi connectivity index (χ4v) is 2.09.